The minimum atomic E-state index is -4.54. The average Bonchev–Trinajstić information content (AvgIpc) is 3.24. The summed E-state index contributed by atoms with van der Waals surface area (Å²) in [7, 11) is 0. The van der Waals surface area contributed by atoms with Crippen molar-refractivity contribution >= 4 is 27.7 Å². The topological polar surface area (TPSA) is 50.2 Å². The number of fused-ring (bicyclic) bond motifs is 1. The van der Waals surface area contributed by atoms with Gasteiger partial charge < -0.3 is 10.2 Å². The van der Waals surface area contributed by atoms with Gasteiger partial charge in [0.25, 0.3) is 5.91 Å². The number of nitrogens with zero attached hydrogens (tertiary/aromatic N) is 3. The number of aromatic nitrogens is 2. The summed E-state index contributed by atoms with van der Waals surface area (Å²) in [6.45, 7) is 0.567. The van der Waals surface area contributed by atoms with Crippen LogP contribution in [0, 0.1) is 0 Å². The highest BCUT2D eigenvalue weighted by Crippen LogP contribution is 2.46. The zero-order valence-corrected chi connectivity index (χ0v) is 21.3. The Labute approximate surface area is 221 Å². The second kappa shape index (κ2) is 10.4. The van der Waals surface area contributed by atoms with Gasteiger partial charge in [-0.3, -0.25) is 4.79 Å². The van der Waals surface area contributed by atoms with Gasteiger partial charge >= 0.3 is 6.18 Å². The Bertz CT molecular complexity index is 1320. The van der Waals surface area contributed by atoms with E-state index in [1.165, 1.54) is 0 Å². The van der Waals surface area contributed by atoms with E-state index in [2.05, 4.69) is 26.3 Å². The zero-order chi connectivity index (χ0) is 26.0. The van der Waals surface area contributed by atoms with Gasteiger partial charge in [-0.1, -0.05) is 91.0 Å². The van der Waals surface area contributed by atoms with E-state index >= 15 is 0 Å². The van der Waals surface area contributed by atoms with Crippen molar-refractivity contribution in [2.45, 2.75) is 37.8 Å². The largest absolute Gasteiger partial charge is 0.410 e. The van der Waals surface area contributed by atoms with Gasteiger partial charge in [-0.2, -0.15) is 18.3 Å². The van der Waals surface area contributed by atoms with E-state index in [4.69, 9.17) is 0 Å². The standard InChI is InChI=1S/C28H24BrF3N4O/c29-24-25(27(37)35(17-19-10-4-1-5-11-19)18-20-12-6-2-7-13-20)34-36-23(28(30,31)32)16-22(33-26(24)36)21-14-8-3-9-15-21/h1-15,22-23,33H,16-18H2/t22-,23-/m0/s1. The fraction of sp³-hybridized carbons (Fsp3) is 0.214. The van der Waals surface area contributed by atoms with E-state index in [1.807, 2.05) is 66.7 Å². The lowest BCUT2D eigenvalue weighted by Crippen LogP contribution is -2.36. The van der Waals surface area contributed by atoms with Crippen molar-refractivity contribution in [2.24, 2.45) is 0 Å². The summed E-state index contributed by atoms with van der Waals surface area (Å²) in [4.78, 5) is 15.4. The molecule has 2 atom stereocenters. The molecule has 1 aliphatic heterocycles. The van der Waals surface area contributed by atoms with Crippen LogP contribution in [0.4, 0.5) is 19.0 Å². The molecule has 2 heterocycles. The highest BCUT2D eigenvalue weighted by atomic mass is 79.9. The lowest BCUT2D eigenvalue weighted by atomic mass is 9.97. The van der Waals surface area contributed by atoms with Gasteiger partial charge in [0.05, 0.1) is 10.5 Å². The highest BCUT2D eigenvalue weighted by Gasteiger charge is 2.48. The fourth-order valence-electron chi connectivity index (χ4n) is 4.59. The predicted octanol–water partition coefficient (Wildman–Crippen LogP) is 7.15. The molecule has 1 aliphatic rings. The summed E-state index contributed by atoms with van der Waals surface area (Å²) in [5.74, 6) is -0.314. The molecule has 5 rings (SSSR count). The summed E-state index contributed by atoms with van der Waals surface area (Å²) < 4.78 is 43.7. The summed E-state index contributed by atoms with van der Waals surface area (Å²) in [5, 5.41) is 7.41. The highest BCUT2D eigenvalue weighted by molar-refractivity contribution is 9.10. The molecule has 37 heavy (non-hydrogen) atoms. The first-order valence-corrected chi connectivity index (χ1v) is 12.6. The van der Waals surface area contributed by atoms with Crippen LogP contribution in [0.1, 0.15) is 45.7 Å². The van der Waals surface area contributed by atoms with Crippen LogP contribution < -0.4 is 5.32 Å². The maximum Gasteiger partial charge on any atom is 0.410 e. The molecule has 1 amide bonds. The molecule has 1 N–H and O–H groups in total. The molecule has 0 aliphatic carbocycles. The first-order valence-electron chi connectivity index (χ1n) is 11.8. The van der Waals surface area contributed by atoms with Gasteiger partial charge in [0, 0.05) is 19.5 Å². The van der Waals surface area contributed by atoms with Gasteiger partial charge in [-0.05, 0) is 32.6 Å². The second-order valence-corrected chi connectivity index (χ2v) is 9.78. The molecular formula is C28H24BrF3N4O. The van der Waals surface area contributed by atoms with Gasteiger partial charge in [0.15, 0.2) is 11.7 Å². The van der Waals surface area contributed by atoms with Gasteiger partial charge in [-0.25, -0.2) is 4.68 Å². The summed E-state index contributed by atoms with van der Waals surface area (Å²) in [5.41, 5.74) is 2.49. The molecule has 0 saturated carbocycles. The molecular weight excluding hydrogens is 545 g/mol. The van der Waals surface area contributed by atoms with Crippen LogP contribution in [-0.4, -0.2) is 26.8 Å². The summed E-state index contributed by atoms with van der Waals surface area (Å²) >= 11 is 3.41. The molecule has 0 spiro atoms. The monoisotopic (exact) mass is 568 g/mol. The number of hydrogen-bond donors (Lipinski definition) is 1. The molecule has 0 unspecified atom stereocenters. The fourth-order valence-corrected chi connectivity index (χ4v) is 5.13. The van der Waals surface area contributed by atoms with Crippen molar-refractivity contribution in [2.75, 3.05) is 5.32 Å². The number of benzene rings is 3. The van der Waals surface area contributed by atoms with Crippen LogP contribution in [0.2, 0.25) is 0 Å². The third kappa shape index (κ3) is 5.41. The first-order chi connectivity index (χ1) is 17.8. The molecule has 9 heteroatoms. The van der Waals surface area contributed by atoms with Crippen molar-refractivity contribution in [3.8, 4) is 0 Å². The number of halogens is 4. The van der Waals surface area contributed by atoms with E-state index in [9.17, 15) is 18.0 Å². The van der Waals surface area contributed by atoms with Gasteiger partial charge in [-0.15, -0.1) is 0 Å². The lowest BCUT2D eigenvalue weighted by Gasteiger charge is -2.33. The molecule has 3 aromatic carbocycles. The van der Waals surface area contributed by atoms with Crippen molar-refractivity contribution < 1.29 is 18.0 Å². The Hall–Kier alpha value is -3.59. The molecule has 4 aromatic rings. The van der Waals surface area contributed by atoms with Crippen LogP contribution in [0.5, 0.6) is 0 Å². The molecule has 1 aromatic heterocycles. The van der Waals surface area contributed by atoms with Crippen LogP contribution in [0.15, 0.2) is 95.5 Å². The van der Waals surface area contributed by atoms with E-state index < -0.39 is 24.2 Å². The summed E-state index contributed by atoms with van der Waals surface area (Å²) in [6.07, 6.45) is -4.77. The number of carbonyl (C=O) groups excluding carboxylic acids is 1. The number of amides is 1. The predicted molar refractivity (Wildman–Crippen MR) is 139 cm³/mol. The zero-order valence-electron chi connectivity index (χ0n) is 19.7. The number of carbonyl (C=O) groups is 1. The molecule has 190 valence electrons. The van der Waals surface area contributed by atoms with E-state index in [1.54, 1.807) is 29.2 Å². The maximum absolute atomic E-state index is 14.2. The third-order valence-corrected chi connectivity index (χ3v) is 7.17. The Morgan fingerprint density at radius 2 is 1.43 bits per heavy atom. The average molecular weight is 569 g/mol. The van der Waals surface area contributed by atoms with Crippen molar-refractivity contribution in [1.29, 1.82) is 0 Å². The summed E-state index contributed by atoms with van der Waals surface area (Å²) in [6, 6.07) is 25.5. The number of rotatable bonds is 6. The Kier molecular flexibility index (Phi) is 7.06. The van der Waals surface area contributed by atoms with Crippen LogP contribution in [0.25, 0.3) is 0 Å². The lowest BCUT2D eigenvalue weighted by molar-refractivity contribution is -0.173. The molecule has 0 bridgehead atoms. The Morgan fingerprint density at radius 1 is 0.919 bits per heavy atom. The first kappa shape index (κ1) is 25.1. The molecule has 0 saturated heterocycles. The Morgan fingerprint density at radius 3 is 1.95 bits per heavy atom. The van der Waals surface area contributed by atoms with Crippen molar-refractivity contribution in [3.05, 3.63) is 118 Å². The second-order valence-electron chi connectivity index (χ2n) is 8.99. The quantitative estimate of drug-likeness (QED) is 0.269. The minimum absolute atomic E-state index is 0.0580. The normalized spacial score (nSPS) is 17.1. The third-order valence-electron chi connectivity index (χ3n) is 6.42. The molecule has 5 nitrogen and oxygen atoms in total. The number of hydrogen-bond acceptors (Lipinski definition) is 3. The number of alkyl halides is 3. The minimum Gasteiger partial charge on any atom is -0.362 e. The number of nitrogens with one attached hydrogen (secondary N) is 1. The van der Waals surface area contributed by atoms with Crippen molar-refractivity contribution in [1.82, 2.24) is 14.7 Å². The SMILES string of the molecule is O=C(c1nn2c(c1Br)N[C@H](c1ccccc1)C[C@H]2C(F)(F)F)N(Cc1ccccc1)Cc1ccccc1. The van der Waals surface area contributed by atoms with E-state index in [-0.39, 0.29) is 35.5 Å². The van der Waals surface area contributed by atoms with Gasteiger partial charge in [0.1, 0.15) is 5.82 Å². The molecule has 0 radical (unpaired) electrons. The maximum atomic E-state index is 14.2. The van der Waals surface area contributed by atoms with Crippen molar-refractivity contribution in [3.63, 3.8) is 0 Å². The molecule has 0 fully saturated rings. The van der Waals surface area contributed by atoms with Crippen LogP contribution >= 0.6 is 15.9 Å². The van der Waals surface area contributed by atoms with E-state index in [0.29, 0.717) is 0 Å². The smallest absolute Gasteiger partial charge is 0.362 e. The number of anilines is 1. The van der Waals surface area contributed by atoms with Crippen LogP contribution in [0.3, 0.4) is 0 Å². The Balaban J connectivity index is 1.52. The van der Waals surface area contributed by atoms with Gasteiger partial charge in [0.2, 0.25) is 0 Å². The van der Waals surface area contributed by atoms with Crippen LogP contribution in [-0.2, 0) is 13.1 Å². The van der Waals surface area contributed by atoms with E-state index in [0.717, 1.165) is 21.4 Å².